The average molecular weight is 547 g/mol. The van der Waals surface area contributed by atoms with Gasteiger partial charge in [0, 0.05) is 11.5 Å². The molecule has 6 N–H and O–H groups in total. The number of aromatic hydroxyl groups is 1. The highest BCUT2D eigenvalue weighted by atomic mass is 16.3. The predicted octanol–water partition coefficient (Wildman–Crippen LogP) is 3.09. The smallest absolute Gasteiger partial charge is 0.255 e. The number of phenolic OH excluding ortho intramolecular Hbond substituents is 1. The molecule has 3 aliphatic carbocycles. The van der Waals surface area contributed by atoms with Crippen LogP contribution in [0.2, 0.25) is 0 Å². The number of nitrogens with two attached hydrogens (primary N) is 1. The minimum atomic E-state index is -2.65. The number of aliphatic hydroxyl groups excluding tert-OH is 2. The van der Waals surface area contributed by atoms with Crippen LogP contribution in [0, 0.1) is 11.8 Å². The van der Waals surface area contributed by atoms with Crippen molar-refractivity contribution in [2.45, 2.75) is 50.7 Å². The zero-order valence-corrected chi connectivity index (χ0v) is 23.1. The largest absolute Gasteiger partial charge is 0.510 e. The van der Waals surface area contributed by atoms with Gasteiger partial charge in [-0.2, -0.15) is 0 Å². The standard InChI is InChI=1S/C31H34N2O7/c1-30(2,3)16-8-6-14(7-9-16)17-10-11-20(34)22-18(17)12-15-13-19-24(33(4)5)26(36)23(29(32)39)28(38)31(19,40)27(37)21(15)25(22)35/h6-11,15,19,24,34,36-37,40H,12-13H2,1-5H3,(H2,32,39)/t15-,19+,24+,31-/m1/s1. The van der Waals surface area contributed by atoms with Gasteiger partial charge < -0.3 is 26.2 Å². The Morgan fingerprint density at radius 3 is 2.20 bits per heavy atom. The Morgan fingerprint density at radius 2 is 1.65 bits per heavy atom. The van der Waals surface area contributed by atoms with Crippen molar-refractivity contribution < 1.29 is 34.8 Å². The lowest BCUT2D eigenvalue weighted by atomic mass is 9.58. The summed E-state index contributed by atoms with van der Waals surface area (Å²) in [5.41, 5.74) is 5.03. The summed E-state index contributed by atoms with van der Waals surface area (Å²) in [6.45, 7) is 6.35. The molecule has 4 atom stereocenters. The molecular weight excluding hydrogens is 512 g/mol. The summed E-state index contributed by atoms with van der Waals surface area (Å²) in [6, 6.07) is 10.1. The molecule has 0 fully saturated rings. The van der Waals surface area contributed by atoms with Crippen molar-refractivity contribution >= 4 is 17.5 Å². The Morgan fingerprint density at radius 1 is 1.02 bits per heavy atom. The van der Waals surface area contributed by atoms with Crippen molar-refractivity contribution in [1.82, 2.24) is 4.90 Å². The lowest BCUT2D eigenvalue weighted by molar-refractivity contribution is -0.148. The van der Waals surface area contributed by atoms with Crippen LogP contribution in [0.5, 0.6) is 5.75 Å². The highest BCUT2D eigenvalue weighted by Gasteiger charge is 2.63. The van der Waals surface area contributed by atoms with E-state index in [2.05, 4.69) is 20.8 Å². The number of benzene rings is 2. The summed E-state index contributed by atoms with van der Waals surface area (Å²) in [7, 11) is 3.20. The van der Waals surface area contributed by atoms with Crippen LogP contribution < -0.4 is 5.73 Å². The number of hydrogen-bond donors (Lipinski definition) is 5. The summed E-state index contributed by atoms with van der Waals surface area (Å²) in [4.78, 5) is 41.0. The molecular formula is C31H34N2O7. The van der Waals surface area contributed by atoms with Crippen molar-refractivity contribution in [1.29, 1.82) is 0 Å². The molecule has 210 valence electrons. The van der Waals surface area contributed by atoms with Gasteiger partial charge in [0.2, 0.25) is 5.78 Å². The zero-order chi connectivity index (χ0) is 29.5. The van der Waals surface area contributed by atoms with E-state index in [0.29, 0.717) is 5.56 Å². The van der Waals surface area contributed by atoms with Crippen LogP contribution in [0.4, 0.5) is 0 Å². The summed E-state index contributed by atoms with van der Waals surface area (Å²) in [5.74, 6) is -6.62. The van der Waals surface area contributed by atoms with Gasteiger partial charge in [0.15, 0.2) is 11.4 Å². The van der Waals surface area contributed by atoms with E-state index in [9.17, 15) is 34.8 Å². The summed E-state index contributed by atoms with van der Waals surface area (Å²) >= 11 is 0. The molecule has 2 aromatic rings. The monoisotopic (exact) mass is 546 g/mol. The van der Waals surface area contributed by atoms with Crippen LogP contribution in [-0.4, -0.2) is 68.5 Å². The van der Waals surface area contributed by atoms with Gasteiger partial charge in [0.25, 0.3) is 5.91 Å². The van der Waals surface area contributed by atoms with Crippen molar-refractivity contribution in [3.05, 3.63) is 75.8 Å². The molecule has 0 saturated carbocycles. The quantitative estimate of drug-likeness (QED) is 0.367. The number of likely N-dealkylation sites (N-methyl/N-ethyl adjacent to an activating group) is 1. The van der Waals surface area contributed by atoms with Crippen LogP contribution in [-0.2, 0) is 21.4 Å². The third kappa shape index (κ3) is 3.79. The average Bonchev–Trinajstić information content (AvgIpc) is 2.85. The van der Waals surface area contributed by atoms with Gasteiger partial charge in [-0.05, 0) is 66.6 Å². The topological polar surface area (TPSA) is 161 Å². The Balaban J connectivity index is 1.68. The molecule has 3 aliphatic rings. The predicted molar refractivity (Wildman–Crippen MR) is 148 cm³/mol. The first-order valence-electron chi connectivity index (χ1n) is 13.2. The lowest BCUT2D eigenvalue weighted by Crippen LogP contribution is -2.63. The lowest BCUT2D eigenvalue weighted by Gasteiger charge is -2.50. The summed E-state index contributed by atoms with van der Waals surface area (Å²) in [6.07, 6.45) is 0.281. The molecule has 0 heterocycles. The molecule has 0 aromatic heterocycles. The molecule has 0 bridgehead atoms. The maximum Gasteiger partial charge on any atom is 0.255 e. The molecule has 5 rings (SSSR count). The van der Waals surface area contributed by atoms with Crippen LogP contribution >= 0.6 is 0 Å². The van der Waals surface area contributed by atoms with Gasteiger partial charge in [0.1, 0.15) is 22.8 Å². The molecule has 0 saturated heterocycles. The van der Waals surface area contributed by atoms with Crippen LogP contribution in [0.15, 0.2) is 59.1 Å². The first-order chi connectivity index (χ1) is 18.6. The number of amides is 1. The number of fused-ring (bicyclic) bond motifs is 3. The number of ketones is 2. The number of nitrogens with zero attached hydrogens (tertiary/aromatic N) is 1. The first-order valence-corrected chi connectivity index (χ1v) is 13.2. The van der Waals surface area contributed by atoms with E-state index in [4.69, 9.17) is 5.73 Å². The number of phenols is 1. The highest BCUT2D eigenvalue weighted by Crippen LogP contribution is 2.53. The summed E-state index contributed by atoms with van der Waals surface area (Å²) < 4.78 is 0. The maximum atomic E-state index is 13.9. The second-order valence-electron chi connectivity index (χ2n) is 12.3. The SMILES string of the molecule is CN(C)[C@@H]1C(O)=C(C(N)=O)C(=O)[C@]2(O)C(O)=C3C(=O)c4c(O)ccc(-c5ccc(C(C)(C)C)cc5)c4C[C@@H]3C[C@@H]12. The molecule has 1 amide bonds. The normalized spacial score (nSPS) is 26.5. The number of carbonyl (C=O) groups excluding carboxylic acids is 3. The number of hydrogen-bond acceptors (Lipinski definition) is 8. The Bertz CT molecular complexity index is 1530. The minimum absolute atomic E-state index is 0.00169. The molecule has 2 aromatic carbocycles. The van der Waals surface area contributed by atoms with E-state index < -0.39 is 58.0 Å². The van der Waals surface area contributed by atoms with Crippen LogP contribution in [0.1, 0.15) is 48.7 Å². The Hall–Kier alpha value is -3.95. The minimum Gasteiger partial charge on any atom is -0.510 e. The van der Waals surface area contributed by atoms with E-state index in [1.807, 2.05) is 24.3 Å². The molecule has 0 unspecified atom stereocenters. The van der Waals surface area contributed by atoms with Gasteiger partial charge in [-0.25, -0.2) is 0 Å². The van der Waals surface area contributed by atoms with Gasteiger partial charge in [0.05, 0.1) is 11.6 Å². The van der Waals surface area contributed by atoms with Gasteiger partial charge in [-0.3, -0.25) is 19.3 Å². The van der Waals surface area contributed by atoms with Crippen molar-refractivity contribution in [3.63, 3.8) is 0 Å². The van der Waals surface area contributed by atoms with Gasteiger partial charge in [-0.1, -0.05) is 51.1 Å². The fraction of sp³-hybridized carbons (Fsp3) is 0.387. The van der Waals surface area contributed by atoms with E-state index in [-0.39, 0.29) is 35.1 Å². The van der Waals surface area contributed by atoms with Crippen molar-refractivity contribution in [3.8, 4) is 16.9 Å². The molecule has 0 radical (unpaired) electrons. The van der Waals surface area contributed by atoms with Crippen molar-refractivity contribution in [2.75, 3.05) is 14.1 Å². The number of carbonyl (C=O) groups is 3. The third-order valence-electron chi connectivity index (χ3n) is 8.67. The molecule has 9 heteroatoms. The second kappa shape index (κ2) is 9.04. The summed E-state index contributed by atoms with van der Waals surface area (Å²) in [5, 5.41) is 44.8. The van der Waals surface area contributed by atoms with Gasteiger partial charge in [-0.15, -0.1) is 0 Å². The fourth-order valence-corrected chi connectivity index (χ4v) is 6.67. The van der Waals surface area contributed by atoms with Crippen LogP contribution in [0.25, 0.3) is 11.1 Å². The third-order valence-corrected chi connectivity index (χ3v) is 8.67. The number of aliphatic hydroxyl groups is 3. The molecule has 9 nitrogen and oxygen atoms in total. The second-order valence-corrected chi connectivity index (χ2v) is 12.3. The Kier molecular flexibility index (Phi) is 6.24. The van der Waals surface area contributed by atoms with E-state index in [1.54, 1.807) is 20.2 Å². The van der Waals surface area contributed by atoms with E-state index >= 15 is 0 Å². The Labute approximate surface area is 232 Å². The van der Waals surface area contributed by atoms with Gasteiger partial charge >= 0.3 is 0 Å². The fourth-order valence-electron chi connectivity index (χ4n) is 6.67. The molecule has 0 aliphatic heterocycles. The number of rotatable bonds is 3. The number of primary amides is 1. The van der Waals surface area contributed by atoms with E-state index in [0.717, 1.165) is 16.7 Å². The molecule has 40 heavy (non-hydrogen) atoms. The molecule has 0 spiro atoms. The zero-order valence-electron chi connectivity index (χ0n) is 23.1. The first kappa shape index (κ1) is 27.6. The number of allylic oxidation sites excluding steroid dienone is 1. The maximum absolute atomic E-state index is 13.9. The van der Waals surface area contributed by atoms with Crippen LogP contribution in [0.3, 0.4) is 0 Å². The van der Waals surface area contributed by atoms with Crippen molar-refractivity contribution in [2.24, 2.45) is 17.6 Å². The highest BCUT2D eigenvalue weighted by molar-refractivity contribution is 6.24. The number of Topliss-reactive ketones (excluding diaryl/α,β-unsaturated/α-hetero) is 2. The van der Waals surface area contributed by atoms with E-state index in [1.165, 1.54) is 11.0 Å².